The van der Waals surface area contributed by atoms with Crippen molar-refractivity contribution in [1.82, 2.24) is 0 Å². The number of ether oxygens (including phenoxy) is 3. The molecule has 5 aliphatic rings. The largest absolute Gasteiger partial charge is 0.458 e. The molecule has 9 atom stereocenters. The van der Waals surface area contributed by atoms with Crippen molar-refractivity contribution in [1.29, 1.82) is 0 Å². The molecular weight excluding hydrogens is 443 g/mol. The number of rotatable bonds is 3. The Kier molecular flexibility index (Phi) is 3.76. The Morgan fingerprint density at radius 3 is 2.74 bits per heavy atom. The first-order valence-electron chi connectivity index (χ1n) is 14.6. The Morgan fingerprint density at radius 2 is 2.06 bits per heavy atom. The smallest absolute Gasteiger partial charge is 0.303 e. The summed E-state index contributed by atoms with van der Waals surface area (Å²) in [5.74, 6) is -6.86. The summed E-state index contributed by atoms with van der Waals surface area (Å²) >= 11 is 0. The molecule has 7 nitrogen and oxygen atoms in total. The van der Waals surface area contributed by atoms with Crippen LogP contribution in [0.4, 0.5) is 4.39 Å². The predicted molar refractivity (Wildman–Crippen MR) is 118 cm³/mol. The number of esters is 1. The Hall–Kier alpha value is -1.90. The number of hydrogen-bond donors (Lipinski definition) is 1. The summed E-state index contributed by atoms with van der Waals surface area (Å²) in [6.45, 7) is -3.09. The summed E-state index contributed by atoms with van der Waals surface area (Å²) in [7, 11) is 0. The average Bonchev–Trinajstić information content (AvgIpc) is 3.29. The maximum absolute atomic E-state index is 15.7. The van der Waals surface area contributed by atoms with Crippen molar-refractivity contribution in [3.63, 3.8) is 0 Å². The zero-order valence-electron chi connectivity index (χ0n) is 25.3. The van der Waals surface area contributed by atoms with Crippen molar-refractivity contribution in [2.24, 2.45) is 28.6 Å². The van der Waals surface area contributed by atoms with Crippen LogP contribution in [0.15, 0.2) is 23.8 Å². The van der Waals surface area contributed by atoms with Crippen LogP contribution < -0.4 is 0 Å². The fourth-order valence-corrected chi connectivity index (χ4v) is 7.90. The van der Waals surface area contributed by atoms with E-state index < -0.39 is 90.4 Å². The third-order valence-corrected chi connectivity index (χ3v) is 9.07. The molecule has 34 heavy (non-hydrogen) atoms. The van der Waals surface area contributed by atoms with Crippen LogP contribution in [0.1, 0.15) is 62.0 Å². The van der Waals surface area contributed by atoms with Gasteiger partial charge in [0.1, 0.15) is 6.17 Å². The molecule has 8 heteroatoms. The molecule has 0 radical (unpaired) electrons. The zero-order chi connectivity index (χ0) is 29.8. The van der Waals surface area contributed by atoms with E-state index >= 15 is 4.39 Å². The predicted octanol–water partition coefficient (Wildman–Crippen LogP) is 2.85. The summed E-state index contributed by atoms with van der Waals surface area (Å²) in [4.78, 5) is 37.6. The molecule has 3 saturated carbocycles. The Balaban J connectivity index is 1.64. The van der Waals surface area contributed by atoms with Crippen LogP contribution in [0, 0.1) is 28.6 Å². The highest BCUT2D eigenvalue weighted by molar-refractivity contribution is 6.01. The molecule has 0 aromatic rings. The van der Waals surface area contributed by atoms with Gasteiger partial charge < -0.3 is 19.3 Å². The summed E-state index contributed by atoms with van der Waals surface area (Å²) in [5.41, 5.74) is -4.35. The highest BCUT2D eigenvalue weighted by Gasteiger charge is 2.77. The van der Waals surface area contributed by atoms with Gasteiger partial charge in [0, 0.05) is 31.9 Å². The molecule has 5 rings (SSSR count). The second kappa shape index (κ2) is 7.31. The van der Waals surface area contributed by atoms with Gasteiger partial charge in [0.05, 0.1) is 12.2 Å². The minimum atomic E-state index is -3.35. The van der Waals surface area contributed by atoms with Crippen LogP contribution in [0.5, 0.6) is 0 Å². The standard InChI is InChI=1S/C26H33FO7/c1-13(28)32-12-20(31)26-21(33-23(2,3)34-26)10-16-15-9-18(27)17-8-14(29)6-7-24(17,4)22(15)19(30)11-25(16,26)5/h6-8,15-16,18-19,21-22,30H,9-12H2,1-5H3/t15-,16-,18-,19-,21+,22+,24-,25-,26+/m0/s1/i2D3,3D3. The van der Waals surface area contributed by atoms with Gasteiger partial charge in [-0.3, -0.25) is 14.4 Å². The van der Waals surface area contributed by atoms with E-state index in [0.717, 1.165) is 6.92 Å². The third kappa shape index (κ3) is 3.00. The van der Waals surface area contributed by atoms with Crippen LogP contribution in [-0.2, 0) is 28.6 Å². The second-order valence-corrected chi connectivity index (χ2v) is 10.8. The number of alkyl halides is 1. The number of Topliss-reactive ketones (excluding diaryl/α,β-unsaturated/α-hetero) is 1. The van der Waals surface area contributed by atoms with Crippen LogP contribution in [0.25, 0.3) is 0 Å². The van der Waals surface area contributed by atoms with Crippen molar-refractivity contribution in [2.45, 2.75) is 83.5 Å². The van der Waals surface area contributed by atoms with Gasteiger partial charge >= 0.3 is 5.97 Å². The Bertz CT molecular complexity index is 1200. The summed E-state index contributed by atoms with van der Waals surface area (Å²) in [5, 5.41) is 11.7. The first-order valence-corrected chi connectivity index (χ1v) is 11.6. The minimum absolute atomic E-state index is 0.0470. The first kappa shape index (κ1) is 17.5. The molecule has 0 aromatic carbocycles. The number of carbonyl (C=O) groups is 3. The van der Waals surface area contributed by atoms with Crippen molar-refractivity contribution in [3.05, 3.63) is 23.8 Å². The van der Waals surface area contributed by atoms with Gasteiger partial charge in [-0.05, 0) is 62.5 Å². The van der Waals surface area contributed by atoms with Gasteiger partial charge in [0.15, 0.2) is 23.8 Å². The van der Waals surface area contributed by atoms with E-state index in [4.69, 9.17) is 22.4 Å². The van der Waals surface area contributed by atoms with Crippen LogP contribution >= 0.6 is 0 Å². The van der Waals surface area contributed by atoms with E-state index in [-0.39, 0.29) is 30.6 Å². The monoisotopic (exact) mass is 482 g/mol. The fraction of sp³-hybridized carbons (Fsp3) is 0.731. The lowest BCUT2D eigenvalue weighted by atomic mass is 9.46. The summed E-state index contributed by atoms with van der Waals surface area (Å²) in [6.07, 6.45) is -0.104. The highest BCUT2D eigenvalue weighted by Crippen LogP contribution is 2.70. The number of halogens is 1. The fourth-order valence-electron chi connectivity index (χ4n) is 7.90. The number of hydrogen-bond acceptors (Lipinski definition) is 7. The minimum Gasteiger partial charge on any atom is -0.458 e. The maximum Gasteiger partial charge on any atom is 0.303 e. The average molecular weight is 483 g/mol. The highest BCUT2D eigenvalue weighted by atomic mass is 19.1. The van der Waals surface area contributed by atoms with Crippen LogP contribution in [0.2, 0.25) is 0 Å². The van der Waals surface area contributed by atoms with E-state index in [0.29, 0.717) is 0 Å². The van der Waals surface area contributed by atoms with Crippen molar-refractivity contribution < 1.29 is 46.3 Å². The summed E-state index contributed by atoms with van der Waals surface area (Å²) in [6, 6.07) is 0. The van der Waals surface area contributed by atoms with Crippen molar-refractivity contribution >= 4 is 17.5 Å². The molecular formula is C26H33FO7. The Morgan fingerprint density at radius 1 is 1.32 bits per heavy atom. The number of aliphatic hydroxyl groups is 1. The molecule has 1 saturated heterocycles. The van der Waals surface area contributed by atoms with Gasteiger partial charge in [-0.2, -0.15) is 0 Å². The molecule has 1 N–H and O–H groups in total. The van der Waals surface area contributed by atoms with E-state index in [1.807, 2.05) is 0 Å². The maximum atomic E-state index is 15.7. The normalized spacial score (nSPS) is 51.7. The molecule has 0 bridgehead atoms. The van der Waals surface area contributed by atoms with E-state index in [1.54, 1.807) is 19.9 Å². The van der Waals surface area contributed by atoms with Gasteiger partial charge in [-0.25, -0.2) is 4.39 Å². The molecule has 0 spiro atoms. The van der Waals surface area contributed by atoms with Gasteiger partial charge in [-0.1, -0.05) is 19.9 Å². The lowest BCUT2D eigenvalue weighted by Crippen LogP contribution is -2.64. The quantitative estimate of drug-likeness (QED) is 0.618. The molecule has 0 amide bonds. The van der Waals surface area contributed by atoms with Crippen molar-refractivity contribution in [2.75, 3.05) is 6.61 Å². The molecule has 1 heterocycles. The molecule has 4 aliphatic carbocycles. The van der Waals surface area contributed by atoms with Crippen molar-refractivity contribution in [3.8, 4) is 0 Å². The molecule has 1 aliphatic heterocycles. The van der Waals surface area contributed by atoms with Crippen LogP contribution in [0.3, 0.4) is 0 Å². The third-order valence-electron chi connectivity index (χ3n) is 9.07. The molecule has 0 unspecified atom stereocenters. The van der Waals surface area contributed by atoms with E-state index in [9.17, 15) is 19.5 Å². The molecule has 0 aromatic heterocycles. The molecule has 4 fully saturated rings. The number of allylic oxidation sites excluding steroid dienone is 4. The lowest BCUT2D eigenvalue weighted by molar-refractivity contribution is -0.227. The first-order chi connectivity index (χ1) is 18.2. The van der Waals surface area contributed by atoms with E-state index in [1.165, 1.54) is 12.2 Å². The Labute approximate surface area is 207 Å². The number of ketones is 2. The second-order valence-electron chi connectivity index (χ2n) is 10.8. The molecule has 186 valence electrons. The summed E-state index contributed by atoms with van der Waals surface area (Å²) < 4.78 is 80.8. The number of carbonyl (C=O) groups excluding carboxylic acids is 3. The van der Waals surface area contributed by atoms with Gasteiger partial charge in [-0.15, -0.1) is 0 Å². The number of fused-ring (bicyclic) bond motifs is 7. The van der Waals surface area contributed by atoms with Gasteiger partial charge in [0.2, 0.25) is 5.78 Å². The topological polar surface area (TPSA) is 99.1 Å². The van der Waals surface area contributed by atoms with E-state index in [2.05, 4.69) is 0 Å². The SMILES string of the molecule is [2H]C([2H])([2H])C1(C([2H])([2H])[2H])O[C@@H]2C[C@H]3[C@@H]4C[C@H](F)C5=CC(=O)C=C[C@]5(C)[C@H]4[C@@H](O)C[C@]3(C)[C@]2(C(=O)COC(C)=O)O1. The van der Waals surface area contributed by atoms with Gasteiger partial charge in [0.25, 0.3) is 0 Å². The zero-order valence-corrected chi connectivity index (χ0v) is 19.3. The number of aliphatic hydroxyl groups excluding tert-OH is 1. The lowest BCUT2D eigenvalue weighted by Gasteiger charge is -2.60. The van der Waals surface area contributed by atoms with Crippen LogP contribution in [-0.4, -0.2) is 59.0 Å².